The second-order valence-corrected chi connectivity index (χ2v) is 5.70. The number of alkyl halides is 1. The number of hydrogen-bond acceptors (Lipinski definition) is 3. The van der Waals surface area contributed by atoms with Crippen molar-refractivity contribution < 1.29 is 13.2 Å². The van der Waals surface area contributed by atoms with Crippen LogP contribution in [0.1, 0.15) is 28.9 Å². The monoisotopic (exact) mass is 319 g/mol. The Hall–Kier alpha value is -0.910. The lowest BCUT2D eigenvalue weighted by Crippen LogP contribution is -2.28. The third kappa shape index (κ3) is 6.50. The van der Waals surface area contributed by atoms with E-state index in [9.17, 15) is 9.00 Å². The smallest absolute Gasteiger partial charge is 0.251 e. The lowest BCUT2D eigenvalue weighted by atomic mass is 10.1. The van der Waals surface area contributed by atoms with Gasteiger partial charge in [-0.1, -0.05) is 13.5 Å². The van der Waals surface area contributed by atoms with Gasteiger partial charge in [0.15, 0.2) is 11.1 Å². The molecule has 1 atom stereocenters. The van der Waals surface area contributed by atoms with E-state index in [1.807, 2.05) is 26.0 Å². The molecule has 0 fully saturated rings. The Labute approximate surface area is 128 Å². The molecule has 0 aromatic heterocycles. The highest BCUT2D eigenvalue weighted by atomic mass is 35.5. The summed E-state index contributed by atoms with van der Waals surface area (Å²) in [4.78, 5) is 11.8. The number of aryl methyl sites for hydroxylation is 2. The first kappa shape index (κ1) is 19.1. The first-order valence-corrected chi connectivity index (χ1v) is 7.75. The third-order valence-electron chi connectivity index (χ3n) is 2.62. The van der Waals surface area contributed by atoms with Crippen molar-refractivity contribution in [2.75, 3.05) is 24.8 Å². The van der Waals surface area contributed by atoms with Gasteiger partial charge in [0, 0.05) is 18.0 Å². The molecule has 0 aliphatic heterocycles. The van der Waals surface area contributed by atoms with Gasteiger partial charge in [-0.3, -0.25) is 8.98 Å². The minimum absolute atomic E-state index is 0. The van der Waals surface area contributed by atoms with Gasteiger partial charge in [0.25, 0.3) is 5.91 Å². The fraction of sp³-hybridized carbons (Fsp3) is 0.500. The number of rotatable bonds is 7. The van der Waals surface area contributed by atoms with Gasteiger partial charge < -0.3 is 5.32 Å². The molecule has 1 unspecified atom stereocenters. The van der Waals surface area contributed by atoms with Crippen molar-refractivity contribution in [1.82, 2.24) is 5.32 Å². The lowest BCUT2D eigenvalue weighted by Gasteiger charge is -2.07. The zero-order chi connectivity index (χ0) is 14.3. The van der Waals surface area contributed by atoms with E-state index in [2.05, 4.69) is 5.32 Å². The van der Waals surface area contributed by atoms with E-state index in [1.165, 1.54) is 0 Å². The minimum Gasteiger partial charge on any atom is -0.351 e. The molecule has 1 aromatic rings. The summed E-state index contributed by atoms with van der Waals surface area (Å²) >= 11 is 4.01. The van der Waals surface area contributed by atoms with Crippen LogP contribution in [-0.2, 0) is 15.3 Å². The van der Waals surface area contributed by atoms with Crippen LogP contribution in [0.4, 0.5) is 0 Å². The molecule has 0 aliphatic carbocycles. The number of halogens is 1. The summed E-state index contributed by atoms with van der Waals surface area (Å²) in [7, 11) is 0. The van der Waals surface area contributed by atoms with Crippen molar-refractivity contribution >= 4 is 28.6 Å². The molecular weight excluding hydrogens is 298 g/mol. The molecule has 1 aromatic carbocycles. The minimum atomic E-state index is -1.40. The Morgan fingerprint density at radius 1 is 1.35 bits per heavy atom. The first-order valence-electron chi connectivity index (χ1n) is 5.97. The lowest BCUT2D eigenvalue weighted by molar-refractivity contribution is 0.0956. The van der Waals surface area contributed by atoms with Crippen molar-refractivity contribution in [3.05, 3.63) is 34.9 Å². The summed E-state index contributed by atoms with van der Waals surface area (Å²) in [6, 6.07) is 5.52. The summed E-state index contributed by atoms with van der Waals surface area (Å²) in [6.07, 6.45) is 0. The van der Waals surface area contributed by atoms with Gasteiger partial charge in [0.2, 0.25) is 0 Å². The number of nitrogens with one attached hydrogen (secondary N) is 1. The number of hydrogen-bond donors (Lipinski definition) is 1. The summed E-state index contributed by atoms with van der Waals surface area (Å²) in [6.45, 7) is 4.51. The number of carbonyl (C=O) groups excluding carboxylic acids is 1. The fourth-order valence-corrected chi connectivity index (χ4v) is 2.24. The van der Waals surface area contributed by atoms with E-state index >= 15 is 0 Å². The van der Waals surface area contributed by atoms with Crippen LogP contribution >= 0.6 is 11.6 Å². The molecule has 4 nitrogen and oxygen atoms in total. The van der Waals surface area contributed by atoms with Crippen molar-refractivity contribution in [3.8, 4) is 0 Å². The zero-order valence-electron chi connectivity index (χ0n) is 11.1. The molecule has 1 N–H and O–H groups in total. The average Bonchev–Trinajstić information content (AvgIpc) is 2.39. The predicted molar refractivity (Wildman–Crippen MR) is 84.7 cm³/mol. The summed E-state index contributed by atoms with van der Waals surface area (Å²) < 4.78 is 16.2. The van der Waals surface area contributed by atoms with Crippen molar-refractivity contribution in [2.24, 2.45) is 0 Å². The summed E-state index contributed by atoms with van der Waals surface area (Å²) in [5.41, 5.74) is 2.82. The van der Waals surface area contributed by atoms with Crippen LogP contribution in [0.15, 0.2) is 18.2 Å². The molecule has 0 saturated heterocycles. The van der Waals surface area contributed by atoms with Crippen LogP contribution < -0.4 is 5.32 Å². The van der Waals surface area contributed by atoms with E-state index < -0.39 is 11.1 Å². The second kappa shape index (κ2) is 9.91. The van der Waals surface area contributed by atoms with E-state index in [1.54, 1.807) is 6.07 Å². The molecular formula is C14H22ClNO3S. The topological polar surface area (TPSA) is 55.4 Å². The summed E-state index contributed by atoms with van der Waals surface area (Å²) in [5, 5.41) is 2.71. The zero-order valence-corrected chi connectivity index (χ0v) is 12.6. The molecule has 114 valence electrons. The quantitative estimate of drug-likeness (QED) is 0.786. The van der Waals surface area contributed by atoms with Crippen LogP contribution in [-0.4, -0.2) is 34.9 Å². The number of amides is 1. The van der Waals surface area contributed by atoms with Crippen molar-refractivity contribution in [1.29, 1.82) is 0 Å². The van der Waals surface area contributed by atoms with E-state index in [-0.39, 0.29) is 25.7 Å². The maximum atomic E-state index is 11.8. The Morgan fingerprint density at radius 2 is 2.05 bits per heavy atom. The average molecular weight is 320 g/mol. The SMILES string of the molecule is C.Cc1ccc(C(=O)NCCS(=O)OCCCl)cc1C. The number of carbonyl (C=O) groups is 1. The maximum Gasteiger partial charge on any atom is 0.251 e. The third-order valence-corrected chi connectivity index (χ3v) is 3.74. The van der Waals surface area contributed by atoms with Crippen LogP contribution in [0.5, 0.6) is 0 Å². The van der Waals surface area contributed by atoms with Crippen LogP contribution in [0, 0.1) is 13.8 Å². The Morgan fingerprint density at radius 3 is 2.65 bits per heavy atom. The summed E-state index contributed by atoms with van der Waals surface area (Å²) in [5.74, 6) is 0.395. The largest absolute Gasteiger partial charge is 0.351 e. The highest BCUT2D eigenvalue weighted by molar-refractivity contribution is 7.80. The van der Waals surface area contributed by atoms with Gasteiger partial charge >= 0.3 is 0 Å². The van der Waals surface area contributed by atoms with Gasteiger partial charge in [-0.25, -0.2) is 4.21 Å². The number of benzene rings is 1. The fourth-order valence-electron chi connectivity index (χ4n) is 1.42. The van der Waals surface area contributed by atoms with Gasteiger partial charge in [-0.05, 0) is 37.1 Å². The van der Waals surface area contributed by atoms with Gasteiger partial charge in [-0.15, -0.1) is 11.6 Å². The first-order chi connectivity index (χ1) is 9.04. The Balaban J connectivity index is 0.00000361. The van der Waals surface area contributed by atoms with Crippen molar-refractivity contribution in [2.45, 2.75) is 21.3 Å². The molecule has 1 rings (SSSR count). The van der Waals surface area contributed by atoms with Crippen LogP contribution in [0.2, 0.25) is 0 Å². The predicted octanol–water partition coefficient (Wildman–Crippen LogP) is 2.59. The standard InChI is InChI=1S/C13H18ClNO3S.CH4/c1-10-3-4-12(9-11(10)2)13(16)15-6-8-19(17)18-7-5-14;/h3-4,9H,5-8H2,1-2H3,(H,15,16);1H4. The van der Waals surface area contributed by atoms with E-state index in [0.717, 1.165) is 11.1 Å². The highest BCUT2D eigenvalue weighted by Crippen LogP contribution is 2.09. The molecule has 0 bridgehead atoms. The Bertz CT molecular complexity index is 466. The highest BCUT2D eigenvalue weighted by Gasteiger charge is 2.07. The Kier molecular flexibility index (Phi) is 9.46. The second-order valence-electron chi connectivity index (χ2n) is 4.07. The van der Waals surface area contributed by atoms with Crippen LogP contribution in [0.25, 0.3) is 0 Å². The van der Waals surface area contributed by atoms with Gasteiger partial charge in [-0.2, -0.15) is 0 Å². The molecule has 0 radical (unpaired) electrons. The van der Waals surface area contributed by atoms with Gasteiger partial charge in [0.1, 0.15) is 0 Å². The molecule has 1 amide bonds. The van der Waals surface area contributed by atoms with Gasteiger partial charge in [0.05, 0.1) is 12.4 Å². The van der Waals surface area contributed by atoms with Crippen molar-refractivity contribution in [3.63, 3.8) is 0 Å². The molecule has 0 aliphatic rings. The van der Waals surface area contributed by atoms with Crippen LogP contribution in [0.3, 0.4) is 0 Å². The maximum absolute atomic E-state index is 11.8. The van der Waals surface area contributed by atoms with E-state index in [4.69, 9.17) is 15.8 Å². The molecule has 0 spiro atoms. The van der Waals surface area contributed by atoms with E-state index in [0.29, 0.717) is 18.0 Å². The molecule has 20 heavy (non-hydrogen) atoms. The molecule has 0 saturated carbocycles. The molecule has 0 heterocycles. The normalized spacial score (nSPS) is 11.6. The molecule has 6 heteroatoms.